The number of hydrogen-bond donors (Lipinski definition) is 1. The van der Waals surface area contributed by atoms with Gasteiger partial charge >= 0.3 is 5.97 Å². The van der Waals surface area contributed by atoms with E-state index in [0.29, 0.717) is 5.76 Å². The molecule has 0 saturated carbocycles. The van der Waals surface area contributed by atoms with E-state index in [1.807, 2.05) is 35.6 Å². The lowest BCUT2D eigenvalue weighted by Gasteiger charge is -2.29. The van der Waals surface area contributed by atoms with E-state index in [0.717, 1.165) is 5.56 Å². The molecule has 0 unspecified atom stereocenters. The van der Waals surface area contributed by atoms with Gasteiger partial charge < -0.3 is 14.5 Å². The summed E-state index contributed by atoms with van der Waals surface area (Å²) in [6.45, 7) is 2.04. The molecular weight excluding hydrogens is 360 g/mol. The summed E-state index contributed by atoms with van der Waals surface area (Å²) < 4.78 is 10.7. The number of benzene rings is 1. The summed E-state index contributed by atoms with van der Waals surface area (Å²) >= 11 is 0. The number of nitrogens with two attached hydrogens (primary N) is 1. The van der Waals surface area contributed by atoms with Crippen molar-refractivity contribution in [2.75, 3.05) is 13.7 Å². The molecule has 146 valence electrons. The van der Waals surface area contributed by atoms with E-state index in [-0.39, 0.29) is 24.8 Å². The highest BCUT2D eigenvalue weighted by atomic mass is 16.5. The first-order valence-electron chi connectivity index (χ1n) is 9.40. The zero-order chi connectivity index (χ0) is 19.9. The highest BCUT2D eigenvalue weighted by Gasteiger charge is 2.72. The molecule has 0 bridgehead atoms. The first-order valence-corrected chi connectivity index (χ1v) is 9.40. The topological polar surface area (TPSA) is 93.4 Å². The summed E-state index contributed by atoms with van der Waals surface area (Å²) in [5, 5.41) is 1.81. The number of amides is 2. The molecule has 2 saturated heterocycles. The lowest BCUT2D eigenvalue weighted by Crippen LogP contribution is -2.98. The van der Waals surface area contributed by atoms with Crippen molar-refractivity contribution in [3.05, 3.63) is 60.1 Å². The van der Waals surface area contributed by atoms with Crippen molar-refractivity contribution in [2.24, 2.45) is 11.8 Å². The highest BCUT2D eigenvalue weighted by molar-refractivity contribution is 6.08. The summed E-state index contributed by atoms with van der Waals surface area (Å²) in [5.74, 6) is -1.96. The summed E-state index contributed by atoms with van der Waals surface area (Å²) in [6.07, 6.45) is 1.82. The molecule has 4 atom stereocenters. The molecule has 4 rings (SSSR count). The predicted octanol–water partition coefficient (Wildman–Crippen LogP) is 0.673. The Bertz CT molecular complexity index is 895. The van der Waals surface area contributed by atoms with Crippen molar-refractivity contribution in [3.8, 4) is 0 Å². The molecular formula is C21H23N2O5+. The smallest absolute Gasteiger partial charge is 0.369 e. The first-order chi connectivity index (χ1) is 13.5. The molecule has 7 heteroatoms. The van der Waals surface area contributed by atoms with E-state index in [2.05, 4.69) is 0 Å². The van der Waals surface area contributed by atoms with Gasteiger partial charge in [0.2, 0.25) is 17.4 Å². The maximum Gasteiger partial charge on any atom is 0.369 e. The minimum Gasteiger partial charge on any atom is -0.464 e. The van der Waals surface area contributed by atoms with E-state index in [9.17, 15) is 14.4 Å². The number of esters is 1. The summed E-state index contributed by atoms with van der Waals surface area (Å²) in [5.41, 5.74) is -0.326. The number of hydrogen-bond acceptors (Lipinski definition) is 5. The average Bonchev–Trinajstić information content (AvgIpc) is 3.40. The summed E-state index contributed by atoms with van der Waals surface area (Å²) in [6, 6.07) is 12.5. The number of imide groups is 1. The number of carbonyl (C=O) groups excluding carboxylic acids is 3. The van der Waals surface area contributed by atoms with Crippen molar-refractivity contribution in [2.45, 2.75) is 24.9 Å². The van der Waals surface area contributed by atoms with E-state index < -0.39 is 29.4 Å². The second-order valence-corrected chi connectivity index (χ2v) is 7.33. The van der Waals surface area contributed by atoms with Crippen LogP contribution in [-0.4, -0.2) is 41.9 Å². The third-order valence-corrected chi connectivity index (χ3v) is 5.95. The van der Waals surface area contributed by atoms with Gasteiger partial charge in [-0.3, -0.25) is 14.5 Å². The van der Waals surface area contributed by atoms with Crippen LogP contribution in [0, 0.1) is 11.8 Å². The maximum atomic E-state index is 13.2. The Hall–Kier alpha value is -2.93. The number of methoxy groups -OCH3 is 1. The highest BCUT2D eigenvalue weighted by Crippen LogP contribution is 2.45. The number of fused-ring (bicyclic) bond motifs is 1. The Morgan fingerprint density at radius 1 is 1.18 bits per heavy atom. The Balaban J connectivity index is 1.86. The molecule has 0 aliphatic carbocycles. The quantitative estimate of drug-likeness (QED) is 0.605. The van der Waals surface area contributed by atoms with Crippen molar-refractivity contribution < 1.29 is 28.9 Å². The standard InChI is InChI=1S/C21H22N2O5/c1-3-23-18(24)15-16(19(23)25)21(20(26)27-2,12-13-8-5-4-6-9-13)22-17(15)14-10-7-11-28-14/h4-11,15-17,22H,3,12H2,1-2H3/p+1/t15-,16-,17+,21+/m0/s1. The van der Waals surface area contributed by atoms with Gasteiger partial charge in [0.15, 0.2) is 11.8 Å². The Kier molecular flexibility index (Phi) is 4.55. The number of ether oxygens (including phenoxy) is 1. The van der Waals surface area contributed by atoms with Crippen LogP contribution in [0.4, 0.5) is 0 Å². The predicted molar refractivity (Wildman–Crippen MR) is 97.6 cm³/mol. The number of rotatable bonds is 5. The van der Waals surface area contributed by atoms with Gasteiger partial charge in [0.25, 0.3) is 0 Å². The Labute approximate surface area is 162 Å². The van der Waals surface area contributed by atoms with E-state index in [1.54, 1.807) is 19.1 Å². The number of nitrogens with zero attached hydrogens (tertiary/aromatic N) is 1. The molecule has 2 aromatic rings. The Morgan fingerprint density at radius 2 is 1.93 bits per heavy atom. The van der Waals surface area contributed by atoms with Gasteiger partial charge in [-0.05, 0) is 24.6 Å². The van der Waals surface area contributed by atoms with E-state index in [4.69, 9.17) is 9.15 Å². The number of carbonyl (C=O) groups is 3. The zero-order valence-corrected chi connectivity index (χ0v) is 15.8. The fraction of sp³-hybridized carbons (Fsp3) is 0.381. The van der Waals surface area contributed by atoms with Gasteiger partial charge in [-0.15, -0.1) is 0 Å². The van der Waals surface area contributed by atoms with Crippen LogP contribution in [0.2, 0.25) is 0 Å². The second-order valence-electron chi connectivity index (χ2n) is 7.33. The van der Waals surface area contributed by atoms with E-state index in [1.165, 1.54) is 18.3 Å². The summed E-state index contributed by atoms with van der Waals surface area (Å²) in [4.78, 5) is 40.6. The largest absolute Gasteiger partial charge is 0.464 e. The first kappa shape index (κ1) is 18.4. The molecule has 2 N–H and O–H groups in total. The number of likely N-dealkylation sites (tertiary alicyclic amines) is 1. The monoisotopic (exact) mass is 383 g/mol. The van der Waals surface area contributed by atoms with Gasteiger partial charge in [-0.1, -0.05) is 30.3 Å². The van der Waals surface area contributed by atoms with Gasteiger partial charge in [0.05, 0.1) is 13.4 Å². The van der Waals surface area contributed by atoms with Gasteiger partial charge in [0, 0.05) is 13.0 Å². The SMILES string of the molecule is CCN1C(=O)[C@@H]2[C@@H](c3ccco3)[NH2+][C@@](Cc3ccccc3)(C(=O)OC)[C@@H]2C1=O. The molecule has 2 aliphatic heterocycles. The molecule has 1 aromatic carbocycles. The van der Waals surface area contributed by atoms with Crippen LogP contribution in [0.5, 0.6) is 0 Å². The van der Waals surface area contributed by atoms with Crippen LogP contribution in [0.1, 0.15) is 24.3 Å². The molecule has 1 aromatic heterocycles. The molecule has 3 heterocycles. The van der Waals surface area contributed by atoms with Crippen LogP contribution < -0.4 is 5.32 Å². The van der Waals surface area contributed by atoms with Crippen molar-refractivity contribution in [1.82, 2.24) is 4.90 Å². The average molecular weight is 383 g/mol. The van der Waals surface area contributed by atoms with E-state index >= 15 is 0 Å². The van der Waals surface area contributed by atoms with Crippen molar-refractivity contribution in [1.29, 1.82) is 0 Å². The zero-order valence-electron chi connectivity index (χ0n) is 15.8. The maximum absolute atomic E-state index is 13.2. The van der Waals surface area contributed by atoms with Crippen LogP contribution in [0.25, 0.3) is 0 Å². The van der Waals surface area contributed by atoms with Crippen LogP contribution in [0.3, 0.4) is 0 Å². The minimum absolute atomic E-state index is 0.256. The fourth-order valence-electron chi connectivity index (χ4n) is 4.79. The number of quaternary nitrogens is 1. The fourth-order valence-corrected chi connectivity index (χ4v) is 4.79. The number of furan rings is 1. The summed E-state index contributed by atoms with van der Waals surface area (Å²) in [7, 11) is 1.32. The third-order valence-electron chi connectivity index (χ3n) is 5.95. The molecule has 2 aliphatic rings. The lowest BCUT2D eigenvalue weighted by molar-refractivity contribution is -0.735. The van der Waals surface area contributed by atoms with Gasteiger partial charge in [-0.2, -0.15) is 0 Å². The molecule has 28 heavy (non-hydrogen) atoms. The van der Waals surface area contributed by atoms with Gasteiger partial charge in [0.1, 0.15) is 11.8 Å². The third kappa shape index (κ3) is 2.57. The minimum atomic E-state index is -1.23. The molecule has 2 fully saturated rings. The normalized spacial score (nSPS) is 29.2. The van der Waals surface area contributed by atoms with Crippen molar-refractivity contribution in [3.63, 3.8) is 0 Å². The van der Waals surface area contributed by atoms with Crippen LogP contribution >= 0.6 is 0 Å². The lowest BCUT2D eigenvalue weighted by atomic mass is 9.76. The second kappa shape index (κ2) is 6.91. The van der Waals surface area contributed by atoms with Crippen LogP contribution in [-0.2, 0) is 25.5 Å². The van der Waals surface area contributed by atoms with Gasteiger partial charge in [-0.25, -0.2) is 4.79 Å². The Morgan fingerprint density at radius 3 is 2.54 bits per heavy atom. The molecule has 7 nitrogen and oxygen atoms in total. The molecule has 0 radical (unpaired) electrons. The van der Waals surface area contributed by atoms with Crippen LogP contribution in [0.15, 0.2) is 53.1 Å². The van der Waals surface area contributed by atoms with Crippen molar-refractivity contribution >= 4 is 17.8 Å². The molecule has 0 spiro atoms. The molecule has 2 amide bonds.